The summed E-state index contributed by atoms with van der Waals surface area (Å²) in [5, 5.41) is 14.9. The second kappa shape index (κ2) is 5.44. The third-order valence-corrected chi connectivity index (χ3v) is 4.03. The summed E-state index contributed by atoms with van der Waals surface area (Å²) >= 11 is 0. The zero-order chi connectivity index (χ0) is 17.6. The minimum atomic E-state index is -0.784. The highest BCUT2D eigenvalue weighted by molar-refractivity contribution is 5.92. The molecule has 2 heterocycles. The van der Waals surface area contributed by atoms with Gasteiger partial charge in [-0.25, -0.2) is 9.59 Å². The quantitative estimate of drug-likeness (QED) is 0.717. The molecule has 0 spiro atoms. The van der Waals surface area contributed by atoms with Gasteiger partial charge >= 0.3 is 11.7 Å². The number of amides is 2. The van der Waals surface area contributed by atoms with Crippen LogP contribution in [0.2, 0.25) is 0 Å². The number of fused-ring (bicyclic) bond motifs is 1. The van der Waals surface area contributed by atoms with Gasteiger partial charge in [0.05, 0.1) is 18.7 Å². The van der Waals surface area contributed by atoms with Gasteiger partial charge in [0.15, 0.2) is 11.5 Å². The molecule has 1 atom stereocenters. The molecule has 24 heavy (non-hydrogen) atoms. The molecule has 1 aliphatic rings. The number of carbonyl (C=O) groups is 1. The normalized spacial score (nSPS) is 16.1. The predicted octanol–water partition coefficient (Wildman–Crippen LogP) is 0.0227. The van der Waals surface area contributed by atoms with E-state index in [0.29, 0.717) is 5.56 Å². The van der Waals surface area contributed by atoms with Gasteiger partial charge in [0.2, 0.25) is 0 Å². The molecular weight excluding hydrogens is 316 g/mol. The first-order chi connectivity index (χ1) is 11.3. The molecule has 9 nitrogen and oxygen atoms in total. The van der Waals surface area contributed by atoms with Crippen LogP contribution in [0, 0.1) is 0 Å². The maximum absolute atomic E-state index is 12.6. The van der Waals surface area contributed by atoms with Crippen molar-refractivity contribution in [2.45, 2.75) is 6.04 Å². The van der Waals surface area contributed by atoms with Crippen LogP contribution in [-0.2, 0) is 14.1 Å². The Bertz CT molecular complexity index is 960. The smallest absolute Gasteiger partial charge is 0.332 e. The Morgan fingerprint density at radius 1 is 1.17 bits per heavy atom. The van der Waals surface area contributed by atoms with Crippen LogP contribution in [0.1, 0.15) is 17.2 Å². The first-order valence-corrected chi connectivity index (χ1v) is 7.09. The SMILES string of the molecule is COc1cc([C@@H]2NC(=O)Nc3c2c(=O)n(C)c(=O)n3C)ccc1O. The maximum Gasteiger partial charge on any atom is 0.332 e. The van der Waals surface area contributed by atoms with Crippen LogP contribution in [0.3, 0.4) is 0 Å². The lowest BCUT2D eigenvalue weighted by Crippen LogP contribution is -2.49. The van der Waals surface area contributed by atoms with Crippen molar-refractivity contribution >= 4 is 11.8 Å². The number of anilines is 1. The van der Waals surface area contributed by atoms with Gasteiger partial charge in [-0.3, -0.25) is 19.2 Å². The number of carbonyl (C=O) groups excluding carboxylic acids is 1. The van der Waals surface area contributed by atoms with Crippen LogP contribution < -0.4 is 26.6 Å². The highest BCUT2D eigenvalue weighted by Gasteiger charge is 2.32. The number of ether oxygens (including phenoxy) is 1. The Kier molecular flexibility index (Phi) is 3.55. The largest absolute Gasteiger partial charge is 0.504 e. The number of nitrogens with zero attached hydrogens (tertiary/aromatic N) is 2. The Balaban J connectivity index is 2.29. The lowest BCUT2D eigenvalue weighted by molar-refractivity contribution is 0.248. The summed E-state index contributed by atoms with van der Waals surface area (Å²) < 4.78 is 7.25. The van der Waals surface area contributed by atoms with Gasteiger partial charge in [0.25, 0.3) is 5.56 Å². The van der Waals surface area contributed by atoms with Crippen molar-refractivity contribution in [1.29, 1.82) is 0 Å². The second-order valence-electron chi connectivity index (χ2n) is 5.43. The fourth-order valence-corrected chi connectivity index (χ4v) is 2.75. The summed E-state index contributed by atoms with van der Waals surface area (Å²) in [6.07, 6.45) is 0. The van der Waals surface area contributed by atoms with Crippen molar-refractivity contribution < 1.29 is 14.6 Å². The van der Waals surface area contributed by atoms with E-state index in [0.717, 1.165) is 4.57 Å². The van der Waals surface area contributed by atoms with E-state index >= 15 is 0 Å². The molecule has 2 aromatic rings. The van der Waals surface area contributed by atoms with Gasteiger partial charge in [-0.1, -0.05) is 6.07 Å². The molecule has 2 amide bonds. The fraction of sp³-hybridized carbons (Fsp3) is 0.267. The number of benzene rings is 1. The van der Waals surface area contributed by atoms with Crippen molar-refractivity contribution in [3.05, 3.63) is 50.2 Å². The van der Waals surface area contributed by atoms with Crippen molar-refractivity contribution in [1.82, 2.24) is 14.5 Å². The average molecular weight is 332 g/mol. The second-order valence-corrected chi connectivity index (χ2v) is 5.43. The van der Waals surface area contributed by atoms with Gasteiger partial charge in [-0.15, -0.1) is 0 Å². The van der Waals surface area contributed by atoms with Gasteiger partial charge in [0.1, 0.15) is 5.82 Å². The zero-order valence-electron chi connectivity index (χ0n) is 13.3. The Morgan fingerprint density at radius 2 is 1.88 bits per heavy atom. The third-order valence-electron chi connectivity index (χ3n) is 4.03. The van der Waals surface area contributed by atoms with E-state index in [-0.39, 0.29) is 22.9 Å². The standard InChI is InChI=1S/C15H16N4O5/c1-18-12-10(13(21)19(2)15(18)23)11(16-14(22)17-12)7-4-5-8(20)9(6-7)24-3/h4-6,11,20H,1-3H3,(H2,16,17,22)/t11-/m0/s1. The first-order valence-electron chi connectivity index (χ1n) is 7.09. The fourth-order valence-electron chi connectivity index (χ4n) is 2.75. The number of hydrogen-bond donors (Lipinski definition) is 3. The molecule has 3 rings (SSSR count). The zero-order valence-corrected chi connectivity index (χ0v) is 13.3. The van der Waals surface area contributed by atoms with Crippen LogP contribution in [-0.4, -0.2) is 27.4 Å². The summed E-state index contributed by atoms with van der Waals surface area (Å²) in [5.74, 6) is 0.294. The lowest BCUT2D eigenvalue weighted by atomic mass is 9.98. The molecule has 0 fully saturated rings. The summed E-state index contributed by atoms with van der Waals surface area (Å²) in [7, 11) is 4.24. The van der Waals surface area contributed by atoms with E-state index in [2.05, 4.69) is 10.6 Å². The number of hydrogen-bond acceptors (Lipinski definition) is 5. The molecule has 0 saturated heterocycles. The van der Waals surface area contributed by atoms with E-state index in [9.17, 15) is 19.5 Å². The van der Waals surface area contributed by atoms with E-state index in [1.165, 1.54) is 37.9 Å². The molecule has 0 unspecified atom stereocenters. The Hall–Kier alpha value is -3.23. The monoisotopic (exact) mass is 332 g/mol. The van der Waals surface area contributed by atoms with E-state index in [1.807, 2.05) is 0 Å². The molecule has 1 aromatic heterocycles. The number of aromatic nitrogens is 2. The van der Waals surface area contributed by atoms with E-state index in [4.69, 9.17) is 4.74 Å². The molecule has 3 N–H and O–H groups in total. The minimum Gasteiger partial charge on any atom is -0.504 e. The Labute approximate surface area is 136 Å². The maximum atomic E-state index is 12.6. The van der Waals surface area contributed by atoms with Gasteiger partial charge < -0.3 is 15.2 Å². The van der Waals surface area contributed by atoms with Crippen molar-refractivity contribution in [2.75, 3.05) is 12.4 Å². The molecule has 0 bridgehead atoms. The van der Waals surface area contributed by atoms with E-state index in [1.54, 1.807) is 6.07 Å². The Morgan fingerprint density at radius 3 is 2.54 bits per heavy atom. The average Bonchev–Trinajstić information content (AvgIpc) is 2.57. The van der Waals surface area contributed by atoms with Gasteiger partial charge in [0, 0.05) is 14.1 Å². The van der Waals surface area contributed by atoms with Crippen LogP contribution >= 0.6 is 0 Å². The molecule has 1 aliphatic heterocycles. The molecule has 126 valence electrons. The highest BCUT2D eigenvalue weighted by atomic mass is 16.5. The number of aromatic hydroxyl groups is 1. The topological polar surface area (TPSA) is 115 Å². The number of methoxy groups -OCH3 is 1. The van der Waals surface area contributed by atoms with Gasteiger partial charge in [-0.2, -0.15) is 0 Å². The number of nitrogens with one attached hydrogen (secondary N) is 2. The van der Waals surface area contributed by atoms with E-state index < -0.39 is 23.3 Å². The highest BCUT2D eigenvalue weighted by Crippen LogP contribution is 2.33. The third kappa shape index (κ3) is 2.21. The number of rotatable bonds is 2. The molecule has 0 aliphatic carbocycles. The van der Waals surface area contributed by atoms with Crippen LogP contribution in [0.15, 0.2) is 27.8 Å². The molecule has 1 aromatic carbocycles. The van der Waals surface area contributed by atoms with Crippen molar-refractivity contribution in [3.8, 4) is 11.5 Å². The summed E-state index contributed by atoms with van der Waals surface area (Å²) in [5.41, 5.74) is -0.288. The minimum absolute atomic E-state index is 0.0601. The summed E-state index contributed by atoms with van der Waals surface area (Å²) in [4.78, 5) is 36.6. The molecule has 0 saturated carbocycles. The van der Waals surface area contributed by atoms with Crippen molar-refractivity contribution in [3.63, 3.8) is 0 Å². The number of phenolic OH excluding ortho intramolecular Hbond substituents is 1. The van der Waals surface area contributed by atoms with Gasteiger partial charge in [-0.05, 0) is 17.7 Å². The molecule has 9 heteroatoms. The molecular formula is C15H16N4O5. The molecule has 0 radical (unpaired) electrons. The van der Waals surface area contributed by atoms with Crippen LogP contribution in [0.25, 0.3) is 0 Å². The predicted molar refractivity (Wildman–Crippen MR) is 85.6 cm³/mol. The van der Waals surface area contributed by atoms with Crippen molar-refractivity contribution in [2.24, 2.45) is 14.1 Å². The number of urea groups is 1. The van der Waals surface area contributed by atoms with Crippen LogP contribution in [0.4, 0.5) is 10.6 Å². The summed E-state index contributed by atoms with van der Waals surface area (Å²) in [6, 6.07) is 3.19. The summed E-state index contributed by atoms with van der Waals surface area (Å²) in [6.45, 7) is 0. The number of phenols is 1. The lowest BCUT2D eigenvalue weighted by Gasteiger charge is -2.28. The first kappa shape index (κ1) is 15.7. The van der Waals surface area contributed by atoms with Crippen LogP contribution in [0.5, 0.6) is 11.5 Å².